The predicted octanol–water partition coefficient (Wildman–Crippen LogP) is 4.41. The molecule has 0 amide bonds. The summed E-state index contributed by atoms with van der Waals surface area (Å²) in [4.78, 5) is 22.5. The molecule has 2 rings (SSSR count). The minimum atomic E-state index is -0.388. The highest BCUT2D eigenvalue weighted by Crippen LogP contribution is 2.20. The van der Waals surface area contributed by atoms with Gasteiger partial charge in [0.05, 0.1) is 0 Å². The molecule has 1 atom stereocenters. The normalized spacial score (nSPS) is 12.5. The van der Waals surface area contributed by atoms with Crippen LogP contribution in [-0.4, -0.2) is 18.7 Å². The van der Waals surface area contributed by atoms with Crippen molar-refractivity contribution < 1.29 is 18.7 Å². The van der Waals surface area contributed by atoms with Crippen molar-refractivity contribution in [3.05, 3.63) is 64.1 Å². The van der Waals surface area contributed by atoms with Crippen LogP contribution < -0.4 is 10.4 Å². The number of hydrogen-bond donors (Lipinski definition) is 0. The highest BCUT2D eigenvalue weighted by molar-refractivity contribution is 5.77. The van der Waals surface area contributed by atoms with Gasteiger partial charge in [-0.2, -0.15) is 0 Å². The van der Waals surface area contributed by atoms with E-state index in [1.165, 1.54) is 13.0 Å². The fourth-order valence-corrected chi connectivity index (χ4v) is 2.53. The molecular formula is C21H24O5. The van der Waals surface area contributed by atoms with Crippen molar-refractivity contribution in [2.45, 2.75) is 40.2 Å². The Balaban J connectivity index is 1.98. The summed E-state index contributed by atoms with van der Waals surface area (Å²) >= 11 is 0. The molecular weight excluding hydrogens is 332 g/mol. The highest BCUT2D eigenvalue weighted by atomic mass is 16.5. The zero-order valence-corrected chi connectivity index (χ0v) is 15.6. The van der Waals surface area contributed by atoms with E-state index in [0.29, 0.717) is 24.4 Å². The maximum absolute atomic E-state index is 11.3. The Bertz CT molecular complexity index is 885. The van der Waals surface area contributed by atoms with E-state index < -0.39 is 0 Å². The van der Waals surface area contributed by atoms with Crippen LogP contribution in [0.25, 0.3) is 11.0 Å². The van der Waals surface area contributed by atoms with Gasteiger partial charge in [-0.25, -0.2) is 4.79 Å². The lowest BCUT2D eigenvalue weighted by molar-refractivity contribution is -0.144. The van der Waals surface area contributed by atoms with Crippen LogP contribution in [0.2, 0.25) is 0 Å². The average molecular weight is 356 g/mol. The van der Waals surface area contributed by atoms with Crippen LogP contribution in [0.4, 0.5) is 0 Å². The lowest BCUT2D eigenvalue weighted by atomic mass is 10.1. The first-order valence-electron chi connectivity index (χ1n) is 8.48. The molecule has 0 saturated heterocycles. The summed E-state index contributed by atoms with van der Waals surface area (Å²) in [6.07, 6.45) is 4.22. The van der Waals surface area contributed by atoms with E-state index >= 15 is 0 Å². The Morgan fingerprint density at radius 1 is 1.15 bits per heavy atom. The molecule has 0 spiro atoms. The maximum atomic E-state index is 11.3. The molecule has 0 aliphatic heterocycles. The standard InChI is InChI=1S/C21H24O5/c1-14(2)11-19(25-16(4)22)12-15(3)9-10-24-18-7-5-17-6-8-21(23)26-20(17)13-18/h5-9,11,13,19H,10,12H2,1-4H3/b15-9+/t19-/m0/s1. The Kier molecular flexibility index (Phi) is 6.78. The second kappa shape index (κ2) is 9.04. The Hall–Kier alpha value is -2.82. The number of rotatable bonds is 7. The molecule has 5 heteroatoms. The number of esters is 1. The van der Waals surface area contributed by atoms with Gasteiger partial charge in [0.1, 0.15) is 24.0 Å². The SMILES string of the molecule is CC(=O)O[C@@H](C=C(C)C)C/C(C)=C/COc1ccc2ccc(=O)oc2c1. The summed E-state index contributed by atoms with van der Waals surface area (Å²) in [7, 11) is 0. The summed E-state index contributed by atoms with van der Waals surface area (Å²) in [5, 5.41) is 0.842. The first-order valence-corrected chi connectivity index (χ1v) is 8.48. The lowest BCUT2D eigenvalue weighted by Gasteiger charge is -2.14. The fourth-order valence-electron chi connectivity index (χ4n) is 2.53. The maximum Gasteiger partial charge on any atom is 0.336 e. The van der Waals surface area contributed by atoms with Crippen molar-refractivity contribution >= 4 is 16.9 Å². The van der Waals surface area contributed by atoms with Gasteiger partial charge in [0, 0.05) is 30.9 Å². The number of benzene rings is 1. The number of ether oxygens (including phenoxy) is 2. The number of allylic oxidation sites excluding steroid dienone is 1. The average Bonchev–Trinajstić information content (AvgIpc) is 2.53. The van der Waals surface area contributed by atoms with Crippen LogP contribution in [0, 0.1) is 0 Å². The Labute approximate surface area is 152 Å². The summed E-state index contributed by atoms with van der Waals surface area (Å²) in [5.74, 6) is 0.325. The van der Waals surface area contributed by atoms with Crippen molar-refractivity contribution in [2.75, 3.05) is 6.61 Å². The Morgan fingerprint density at radius 3 is 2.58 bits per heavy atom. The number of carbonyl (C=O) groups excluding carboxylic acids is 1. The number of carbonyl (C=O) groups is 1. The van der Waals surface area contributed by atoms with Gasteiger partial charge < -0.3 is 13.9 Å². The number of hydrogen-bond acceptors (Lipinski definition) is 5. The summed E-state index contributed by atoms with van der Waals surface area (Å²) in [5.41, 5.74) is 2.26. The van der Waals surface area contributed by atoms with Gasteiger partial charge in [-0.05, 0) is 51.1 Å². The number of fused-ring (bicyclic) bond motifs is 1. The van der Waals surface area contributed by atoms with Gasteiger partial charge >= 0.3 is 11.6 Å². The third kappa shape index (κ3) is 6.24. The predicted molar refractivity (Wildman–Crippen MR) is 101 cm³/mol. The van der Waals surface area contributed by atoms with Crippen LogP contribution in [0.1, 0.15) is 34.1 Å². The van der Waals surface area contributed by atoms with Crippen LogP contribution in [0.3, 0.4) is 0 Å². The van der Waals surface area contributed by atoms with E-state index in [1.807, 2.05) is 45.1 Å². The quantitative estimate of drug-likeness (QED) is 0.418. The topological polar surface area (TPSA) is 65.7 Å². The minimum Gasteiger partial charge on any atom is -0.489 e. The van der Waals surface area contributed by atoms with E-state index in [0.717, 1.165) is 16.5 Å². The molecule has 0 N–H and O–H groups in total. The van der Waals surface area contributed by atoms with Crippen molar-refractivity contribution in [3.63, 3.8) is 0 Å². The largest absolute Gasteiger partial charge is 0.489 e. The third-order valence-corrected chi connectivity index (χ3v) is 3.64. The van der Waals surface area contributed by atoms with E-state index in [1.54, 1.807) is 12.1 Å². The Morgan fingerprint density at radius 2 is 1.88 bits per heavy atom. The van der Waals surface area contributed by atoms with Gasteiger partial charge in [-0.1, -0.05) is 11.1 Å². The van der Waals surface area contributed by atoms with Crippen LogP contribution in [-0.2, 0) is 9.53 Å². The van der Waals surface area contributed by atoms with Gasteiger partial charge in [0.25, 0.3) is 0 Å². The first kappa shape index (κ1) is 19.5. The molecule has 0 aliphatic carbocycles. The molecule has 138 valence electrons. The van der Waals surface area contributed by atoms with E-state index in [2.05, 4.69) is 0 Å². The van der Waals surface area contributed by atoms with Gasteiger partial charge in [0.15, 0.2) is 0 Å². The van der Waals surface area contributed by atoms with E-state index in [9.17, 15) is 9.59 Å². The summed E-state index contributed by atoms with van der Waals surface area (Å²) in [6, 6.07) is 8.48. The molecule has 0 radical (unpaired) electrons. The molecule has 1 aromatic heterocycles. The van der Waals surface area contributed by atoms with Crippen molar-refractivity contribution in [1.82, 2.24) is 0 Å². The molecule has 2 aromatic rings. The molecule has 0 fully saturated rings. The van der Waals surface area contributed by atoms with Crippen LogP contribution in [0.15, 0.2) is 62.8 Å². The van der Waals surface area contributed by atoms with Crippen LogP contribution >= 0.6 is 0 Å². The van der Waals surface area contributed by atoms with Gasteiger partial charge in [-0.3, -0.25) is 4.79 Å². The molecule has 0 saturated carbocycles. The van der Waals surface area contributed by atoms with Crippen molar-refractivity contribution in [3.8, 4) is 5.75 Å². The molecule has 5 nitrogen and oxygen atoms in total. The van der Waals surface area contributed by atoms with Crippen molar-refractivity contribution in [2.24, 2.45) is 0 Å². The van der Waals surface area contributed by atoms with Crippen LogP contribution in [0.5, 0.6) is 5.75 Å². The second-order valence-electron chi connectivity index (χ2n) is 6.41. The van der Waals surface area contributed by atoms with Crippen molar-refractivity contribution in [1.29, 1.82) is 0 Å². The molecule has 26 heavy (non-hydrogen) atoms. The van der Waals surface area contributed by atoms with Gasteiger partial charge in [0.2, 0.25) is 0 Å². The second-order valence-corrected chi connectivity index (χ2v) is 6.41. The monoisotopic (exact) mass is 356 g/mol. The molecule has 1 aromatic carbocycles. The third-order valence-electron chi connectivity index (χ3n) is 3.64. The fraction of sp³-hybridized carbons (Fsp3) is 0.333. The summed E-state index contributed by atoms with van der Waals surface area (Å²) < 4.78 is 16.2. The zero-order valence-electron chi connectivity index (χ0n) is 15.6. The smallest absolute Gasteiger partial charge is 0.336 e. The highest BCUT2D eigenvalue weighted by Gasteiger charge is 2.09. The minimum absolute atomic E-state index is 0.274. The summed E-state index contributed by atoms with van der Waals surface area (Å²) in [6.45, 7) is 7.69. The van der Waals surface area contributed by atoms with E-state index in [4.69, 9.17) is 13.9 Å². The molecule has 0 aliphatic rings. The van der Waals surface area contributed by atoms with E-state index in [-0.39, 0.29) is 17.7 Å². The first-order chi connectivity index (χ1) is 12.3. The lowest BCUT2D eigenvalue weighted by Crippen LogP contribution is -2.14. The zero-order chi connectivity index (χ0) is 19.1. The molecule has 0 unspecified atom stereocenters. The van der Waals surface area contributed by atoms with Gasteiger partial charge in [-0.15, -0.1) is 0 Å². The molecule has 0 bridgehead atoms. The molecule has 1 heterocycles.